The van der Waals surface area contributed by atoms with E-state index in [1.807, 2.05) is 0 Å². The van der Waals surface area contributed by atoms with E-state index in [1.165, 1.54) is 0 Å². The zero-order valence-electron chi connectivity index (χ0n) is 4.96. The number of rotatable bonds is 3. The molecule has 0 aromatic carbocycles. The number of carboxylic acid groups (broad SMARTS) is 1. The molecule has 3 heteroatoms. The summed E-state index contributed by atoms with van der Waals surface area (Å²) in [6.07, 6.45) is 1.50. The summed E-state index contributed by atoms with van der Waals surface area (Å²) in [5, 5.41) is 8.14. The minimum absolute atomic E-state index is 0.0844. The Morgan fingerprint density at radius 1 is 1.44 bits per heavy atom. The van der Waals surface area contributed by atoms with Crippen molar-refractivity contribution < 1.29 is 14.7 Å². The molecule has 0 heterocycles. The molecule has 0 aromatic rings. The molecule has 0 bridgehead atoms. The van der Waals surface area contributed by atoms with Gasteiger partial charge in [-0.05, 0) is 12.8 Å². The van der Waals surface area contributed by atoms with Crippen LogP contribution >= 0.6 is 0 Å². The summed E-state index contributed by atoms with van der Waals surface area (Å²) >= 11 is 0. The number of carboxylic acids is 1. The van der Waals surface area contributed by atoms with Crippen molar-refractivity contribution in [1.29, 1.82) is 0 Å². The largest absolute Gasteiger partial charge is 0.481 e. The summed E-state index contributed by atoms with van der Waals surface area (Å²) in [7, 11) is 0. The molecule has 0 aromatic heterocycles. The minimum atomic E-state index is -1.01. The highest BCUT2D eigenvalue weighted by Crippen LogP contribution is 2.30. The Hall–Kier alpha value is -0.860. The Labute approximate surface area is 52.7 Å². The molecule has 0 amide bonds. The second-order valence-electron chi connectivity index (χ2n) is 2.31. The van der Waals surface area contributed by atoms with Crippen LogP contribution in [0.4, 0.5) is 0 Å². The summed E-state index contributed by atoms with van der Waals surface area (Å²) in [6.45, 7) is 0. The van der Waals surface area contributed by atoms with Gasteiger partial charge in [0.05, 0.1) is 0 Å². The normalized spacial score (nSPS) is 17.3. The predicted molar refractivity (Wildman–Crippen MR) is 30.0 cm³/mol. The summed E-state index contributed by atoms with van der Waals surface area (Å²) in [5.74, 6) is -1.03. The van der Waals surface area contributed by atoms with Gasteiger partial charge in [0.25, 0.3) is 0 Å². The number of carbonyl (C=O) groups is 2. The van der Waals surface area contributed by atoms with Gasteiger partial charge in [-0.2, -0.15) is 0 Å². The molecule has 0 saturated heterocycles. The average molecular weight is 128 g/mol. The number of hydrogen-bond acceptors (Lipinski definition) is 2. The van der Waals surface area contributed by atoms with Gasteiger partial charge in [-0.25, -0.2) is 0 Å². The molecule has 1 aliphatic rings. The number of Topliss-reactive ketones (excluding diaryl/α,β-unsaturated/α-hetero) is 1. The van der Waals surface area contributed by atoms with E-state index < -0.39 is 5.97 Å². The van der Waals surface area contributed by atoms with Crippen LogP contribution in [0.3, 0.4) is 0 Å². The summed E-state index contributed by atoms with van der Waals surface area (Å²) < 4.78 is 0. The molecule has 1 N–H and O–H groups in total. The highest BCUT2D eigenvalue weighted by molar-refractivity contribution is 5.97. The van der Waals surface area contributed by atoms with Crippen molar-refractivity contribution in [3.8, 4) is 0 Å². The first-order valence-electron chi connectivity index (χ1n) is 2.94. The van der Waals surface area contributed by atoms with Gasteiger partial charge >= 0.3 is 5.97 Å². The molecule has 1 saturated carbocycles. The first kappa shape index (κ1) is 6.26. The Morgan fingerprint density at radius 3 is 2.33 bits per heavy atom. The number of hydrogen-bond donors (Lipinski definition) is 1. The summed E-state index contributed by atoms with van der Waals surface area (Å²) in [4.78, 5) is 20.6. The minimum Gasteiger partial charge on any atom is -0.481 e. The van der Waals surface area contributed by atoms with Gasteiger partial charge in [-0.1, -0.05) is 0 Å². The van der Waals surface area contributed by atoms with E-state index in [4.69, 9.17) is 5.11 Å². The molecule has 9 heavy (non-hydrogen) atoms. The van der Waals surface area contributed by atoms with Crippen LogP contribution < -0.4 is 0 Å². The van der Waals surface area contributed by atoms with Crippen LogP contribution in [0.15, 0.2) is 0 Å². The molecule has 0 atom stereocenters. The lowest BCUT2D eigenvalue weighted by molar-refractivity contribution is -0.140. The second kappa shape index (κ2) is 2.17. The Kier molecular flexibility index (Phi) is 1.51. The van der Waals surface area contributed by atoms with E-state index in [0.717, 1.165) is 12.8 Å². The lowest BCUT2D eigenvalue weighted by atomic mass is 10.2. The fraction of sp³-hybridized carbons (Fsp3) is 0.667. The summed E-state index contributed by atoms with van der Waals surface area (Å²) in [6, 6.07) is 0. The van der Waals surface area contributed by atoms with Gasteiger partial charge in [0.15, 0.2) is 0 Å². The molecule has 1 rings (SSSR count). The molecular formula is C6H8O3. The van der Waals surface area contributed by atoms with Crippen LogP contribution in [-0.2, 0) is 9.59 Å². The number of carbonyl (C=O) groups excluding carboxylic acids is 1. The maximum atomic E-state index is 10.6. The highest BCUT2D eigenvalue weighted by Gasteiger charge is 2.30. The average Bonchev–Trinajstić information content (AvgIpc) is 2.40. The van der Waals surface area contributed by atoms with Gasteiger partial charge in [0.1, 0.15) is 12.2 Å². The van der Waals surface area contributed by atoms with E-state index in [1.54, 1.807) is 0 Å². The highest BCUT2D eigenvalue weighted by atomic mass is 16.4. The zero-order valence-corrected chi connectivity index (χ0v) is 4.96. The third-order valence-corrected chi connectivity index (χ3v) is 1.36. The van der Waals surface area contributed by atoms with Crippen molar-refractivity contribution in [2.45, 2.75) is 19.3 Å². The van der Waals surface area contributed by atoms with E-state index in [9.17, 15) is 9.59 Å². The third-order valence-electron chi connectivity index (χ3n) is 1.36. The molecule has 0 aliphatic heterocycles. The first-order chi connectivity index (χ1) is 4.20. The van der Waals surface area contributed by atoms with Crippen LogP contribution in [0, 0.1) is 5.92 Å². The van der Waals surface area contributed by atoms with Crippen molar-refractivity contribution in [3.63, 3.8) is 0 Å². The molecule has 50 valence electrons. The van der Waals surface area contributed by atoms with E-state index >= 15 is 0 Å². The number of aliphatic carboxylic acids is 1. The molecule has 1 fully saturated rings. The van der Waals surface area contributed by atoms with E-state index in [2.05, 4.69) is 0 Å². The Morgan fingerprint density at radius 2 is 2.00 bits per heavy atom. The Bertz CT molecular complexity index is 146. The van der Waals surface area contributed by atoms with Gasteiger partial charge in [-0.15, -0.1) is 0 Å². The topological polar surface area (TPSA) is 54.4 Å². The fourth-order valence-electron chi connectivity index (χ4n) is 0.699. The second-order valence-corrected chi connectivity index (χ2v) is 2.31. The van der Waals surface area contributed by atoms with E-state index in [-0.39, 0.29) is 18.1 Å². The Balaban J connectivity index is 2.26. The standard InChI is InChI=1S/C6H8O3/c7-5(3-6(8)9)4-1-2-4/h4H,1-3H2,(H,8,9). The monoisotopic (exact) mass is 128 g/mol. The lowest BCUT2D eigenvalue weighted by Crippen LogP contribution is -2.07. The first-order valence-corrected chi connectivity index (χ1v) is 2.94. The maximum absolute atomic E-state index is 10.6. The van der Waals surface area contributed by atoms with Crippen molar-refractivity contribution in [1.82, 2.24) is 0 Å². The molecule has 1 aliphatic carbocycles. The molecule has 0 radical (unpaired) electrons. The summed E-state index contributed by atoms with van der Waals surface area (Å²) in [5.41, 5.74) is 0. The van der Waals surface area contributed by atoms with E-state index in [0.29, 0.717) is 0 Å². The van der Waals surface area contributed by atoms with Crippen molar-refractivity contribution in [2.24, 2.45) is 5.92 Å². The predicted octanol–water partition coefficient (Wildman–Crippen LogP) is 0.440. The zero-order chi connectivity index (χ0) is 6.85. The van der Waals surface area contributed by atoms with Crippen molar-refractivity contribution in [2.75, 3.05) is 0 Å². The van der Waals surface area contributed by atoms with Gasteiger partial charge < -0.3 is 5.11 Å². The molecule has 3 nitrogen and oxygen atoms in total. The number of ketones is 1. The maximum Gasteiger partial charge on any atom is 0.310 e. The van der Waals surface area contributed by atoms with Gasteiger partial charge in [0.2, 0.25) is 0 Å². The van der Waals surface area contributed by atoms with Gasteiger partial charge in [-0.3, -0.25) is 9.59 Å². The fourth-order valence-corrected chi connectivity index (χ4v) is 0.699. The third kappa shape index (κ3) is 1.83. The lowest BCUT2D eigenvalue weighted by Gasteiger charge is -1.88. The van der Waals surface area contributed by atoms with Crippen LogP contribution in [0.2, 0.25) is 0 Å². The van der Waals surface area contributed by atoms with Crippen molar-refractivity contribution >= 4 is 11.8 Å². The van der Waals surface area contributed by atoms with Crippen LogP contribution in [0.5, 0.6) is 0 Å². The molecule has 0 unspecified atom stereocenters. The van der Waals surface area contributed by atoms with Gasteiger partial charge in [0, 0.05) is 5.92 Å². The SMILES string of the molecule is O=C(O)CC(=O)C1CC1. The van der Waals surface area contributed by atoms with Crippen LogP contribution in [-0.4, -0.2) is 16.9 Å². The van der Waals surface area contributed by atoms with Crippen molar-refractivity contribution in [3.05, 3.63) is 0 Å². The van der Waals surface area contributed by atoms with Crippen LogP contribution in [0.25, 0.3) is 0 Å². The molecule has 0 spiro atoms. The smallest absolute Gasteiger partial charge is 0.310 e. The quantitative estimate of drug-likeness (QED) is 0.561. The van der Waals surface area contributed by atoms with Crippen LogP contribution in [0.1, 0.15) is 19.3 Å². The molecular weight excluding hydrogens is 120 g/mol.